The number of fused-ring (bicyclic) bond motifs is 1. The molecule has 4 N–H and O–H groups in total. The first kappa shape index (κ1) is 10.0. The van der Waals surface area contributed by atoms with E-state index in [-0.39, 0.29) is 4.70 Å². The van der Waals surface area contributed by atoms with Gasteiger partial charge in [0.15, 0.2) is 11.4 Å². The van der Waals surface area contributed by atoms with Crippen molar-refractivity contribution in [3.05, 3.63) is 54.1 Å². The van der Waals surface area contributed by atoms with Gasteiger partial charge in [-0.15, -0.1) is 5.84 Å². The van der Waals surface area contributed by atoms with E-state index in [1.807, 2.05) is 48.5 Å². The third-order valence-corrected chi connectivity index (χ3v) is 3.00. The summed E-state index contributed by atoms with van der Waals surface area (Å²) < 4.78 is -0.0682. The van der Waals surface area contributed by atoms with Crippen LogP contribution in [0.2, 0.25) is 0 Å². The number of nitrogens with zero attached hydrogens (tertiary/aromatic N) is 2. The molecule has 1 aliphatic rings. The van der Waals surface area contributed by atoms with Crippen molar-refractivity contribution in [1.29, 1.82) is 0 Å². The molecule has 1 unspecified atom stereocenters. The van der Waals surface area contributed by atoms with E-state index in [0.717, 1.165) is 16.9 Å². The molecule has 4 heteroatoms. The maximum absolute atomic E-state index is 6.34. The van der Waals surface area contributed by atoms with Crippen molar-refractivity contribution in [2.75, 3.05) is 5.73 Å². The number of hydrogen-bond donors (Lipinski definition) is 2. The summed E-state index contributed by atoms with van der Waals surface area (Å²) in [5.41, 5.74) is 9.33. The molecule has 0 spiro atoms. The Hall–Kier alpha value is -2.17. The van der Waals surface area contributed by atoms with Crippen molar-refractivity contribution >= 4 is 23.3 Å². The van der Waals surface area contributed by atoms with Crippen LogP contribution >= 0.6 is 0 Å². The van der Waals surface area contributed by atoms with Gasteiger partial charge in [-0.1, -0.05) is 34.1 Å². The molecule has 0 saturated heterocycles. The molecule has 0 fully saturated rings. The topological polar surface area (TPSA) is 64.4 Å². The molecule has 1 atom stereocenters. The fraction of sp³-hybridized carbons (Fsp3) is 0. The Morgan fingerprint density at radius 1 is 0.941 bits per heavy atom. The second-order valence-electron chi connectivity index (χ2n) is 4.05. The van der Waals surface area contributed by atoms with E-state index in [1.54, 1.807) is 6.21 Å². The molecule has 3 rings (SSSR count). The number of rotatable bonds is 1. The van der Waals surface area contributed by atoms with Gasteiger partial charge in [0.05, 0.1) is 5.56 Å². The van der Waals surface area contributed by atoms with Crippen LogP contribution in [0, 0.1) is 0 Å². The van der Waals surface area contributed by atoms with Gasteiger partial charge in [-0.3, -0.25) is 0 Å². The highest BCUT2D eigenvalue weighted by Crippen LogP contribution is 2.38. The second kappa shape index (κ2) is 3.41. The van der Waals surface area contributed by atoms with Crippen LogP contribution in [-0.2, 0) is 0 Å². The van der Waals surface area contributed by atoms with Crippen LogP contribution in [0.15, 0.2) is 53.6 Å². The number of para-hydroxylation sites is 1. The standard InChI is InChI=1S/C13H13N4/c14-12-7-4-8-13-11(12)9-16-17(13,15)10-5-2-1-3-6-10/h1-9H,14-15H2/q+1. The van der Waals surface area contributed by atoms with Crippen LogP contribution in [0.1, 0.15) is 5.56 Å². The normalized spacial score (nSPS) is 21.5. The molecule has 1 aliphatic heterocycles. The van der Waals surface area contributed by atoms with Gasteiger partial charge in [0.25, 0.3) is 0 Å². The molecule has 0 radical (unpaired) electrons. The fourth-order valence-electron chi connectivity index (χ4n) is 2.08. The summed E-state index contributed by atoms with van der Waals surface area (Å²) in [5, 5.41) is 4.38. The first-order chi connectivity index (χ1) is 8.22. The number of benzene rings is 2. The van der Waals surface area contributed by atoms with Crippen LogP contribution in [0.3, 0.4) is 0 Å². The fourth-order valence-corrected chi connectivity index (χ4v) is 2.08. The number of hydrogen-bond acceptors (Lipinski definition) is 3. The largest absolute Gasteiger partial charge is 0.398 e. The summed E-state index contributed by atoms with van der Waals surface area (Å²) in [7, 11) is 0. The second-order valence-corrected chi connectivity index (χ2v) is 4.05. The lowest BCUT2D eigenvalue weighted by Crippen LogP contribution is -2.44. The van der Waals surface area contributed by atoms with Crippen molar-refractivity contribution in [2.24, 2.45) is 10.9 Å². The Bertz CT molecular complexity index is 592. The SMILES string of the molecule is Nc1cccc2c1C=N[N+]2(N)c1ccccc1. The van der Waals surface area contributed by atoms with Gasteiger partial charge < -0.3 is 5.73 Å². The molecule has 0 saturated carbocycles. The summed E-state index contributed by atoms with van der Waals surface area (Å²) in [4.78, 5) is 0. The van der Waals surface area contributed by atoms with Gasteiger partial charge in [0.2, 0.25) is 0 Å². The molecular formula is C13H13N4+. The average Bonchev–Trinajstić information content (AvgIpc) is 2.72. The summed E-state index contributed by atoms with van der Waals surface area (Å²) in [6, 6.07) is 15.5. The molecule has 0 aromatic heterocycles. The van der Waals surface area contributed by atoms with Crippen molar-refractivity contribution in [1.82, 2.24) is 4.70 Å². The van der Waals surface area contributed by atoms with Crippen molar-refractivity contribution in [3.8, 4) is 0 Å². The highest BCUT2D eigenvalue weighted by molar-refractivity contribution is 5.98. The van der Waals surface area contributed by atoms with Crippen LogP contribution in [0.4, 0.5) is 17.1 Å². The number of nitrogen functional groups attached to an aromatic ring is 1. The minimum absolute atomic E-state index is 0.0682. The van der Waals surface area contributed by atoms with Gasteiger partial charge in [0, 0.05) is 23.9 Å². The first-order valence-corrected chi connectivity index (χ1v) is 5.40. The zero-order valence-electron chi connectivity index (χ0n) is 9.25. The molecule has 2 aromatic rings. The smallest absolute Gasteiger partial charge is 0.195 e. The third-order valence-electron chi connectivity index (χ3n) is 3.00. The van der Waals surface area contributed by atoms with Gasteiger partial charge in [-0.25, -0.2) is 0 Å². The Balaban J connectivity index is 2.22. The van der Waals surface area contributed by atoms with E-state index in [9.17, 15) is 0 Å². The highest BCUT2D eigenvalue weighted by atomic mass is 15.8. The van der Waals surface area contributed by atoms with Crippen molar-refractivity contribution in [2.45, 2.75) is 0 Å². The number of quaternary nitrogens is 1. The zero-order valence-corrected chi connectivity index (χ0v) is 9.25. The molecular weight excluding hydrogens is 212 g/mol. The van der Waals surface area contributed by atoms with E-state index >= 15 is 0 Å². The third kappa shape index (κ3) is 1.35. The Labute approximate surface area is 99.3 Å². The van der Waals surface area contributed by atoms with Gasteiger partial charge >= 0.3 is 0 Å². The Morgan fingerprint density at radius 3 is 2.47 bits per heavy atom. The van der Waals surface area contributed by atoms with Gasteiger partial charge in [-0.05, 0) is 6.07 Å². The lowest BCUT2D eigenvalue weighted by atomic mass is 10.1. The predicted octanol–water partition coefficient (Wildman–Crippen LogP) is 2.13. The predicted molar refractivity (Wildman–Crippen MR) is 70.5 cm³/mol. The van der Waals surface area contributed by atoms with Crippen LogP contribution in [0.25, 0.3) is 0 Å². The molecule has 84 valence electrons. The monoisotopic (exact) mass is 225 g/mol. The van der Waals surface area contributed by atoms with E-state index in [0.29, 0.717) is 5.69 Å². The molecule has 0 aliphatic carbocycles. The van der Waals surface area contributed by atoms with Crippen LogP contribution in [-0.4, -0.2) is 6.21 Å². The summed E-state index contributed by atoms with van der Waals surface area (Å²) >= 11 is 0. The van der Waals surface area contributed by atoms with Gasteiger partial charge in [0.1, 0.15) is 6.21 Å². The van der Waals surface area contributed by atoms with Crippen molar-refractivity contribution in [3.63, 3.8) is 0 Å². The minimum Gasteiger partial charge on any atom is -0.398 e. The summed E-state index contributed by atoms with van der Waals surface area (Å²) in [6.45, 7) is 0. The van der Waals surface area contributed by atoms with Gasteiger partial charge in [-0.2, -0.15) is 0 Å². The number of nitrogens with two attached hydrogens (primary N) is 2. The Morgan fingerprint density at radius 2 is 1.71 bits per heavy atom. The Kier molecular flexibility index (Phi) is 2.01. The quantitative estimate of drug-likeness (QED) is 0.443. The average molecular weight is 225 g/mol. The summed E-state index contributed by atoms with van der Waals surface area (Å²) in [6.07, 6.45) is 1.73. The molecule has 4 nitrogen and oxygen atoms in total. The van der Waals surface area contributed by atoms with Crippen LogP contribution < -0.4 is 16.3 Å². The lowest BCUT2D eigenvalue weighted by Gasteiger charge is -2.22. The molecule has 17 heavy (non-hydrogen) atoms. The molecule has 0 amide bonds. The lowest BCUT2D eigenvalue weighted by molar-refractivity contribution is 0.433. The minimum atomic E-state index is -0.0682. The highest BCUT2D eigenvalue weighted by Gasteiger charge is 2.37. The molecule has 2 aromatic carbocycles. The number of anilines is 1. The maximum atomic E-state index is 6.34. The molecule has 0 bridgehead atoms. The molecule has 1 heterocycles. The van der Waals surface area contributed by atoms with Crippen molar-refractivity contribution < 1.29 is 0 Å². The zero-order chi connectivity index (χ0) is 11.9. The van der Waals surface area contributed by atoms with E-state index in [4.69, 9.17) is 11.6 Å². The van der Waals surface area contributed by atoms with Crippen LogP contribution in [0.5, 0.6) is 0 Å². The maximum Gasteiger partial charge on any atom is 0.195 e. The van der Waals surface area contributed by atoms with E-state index in [1.165, 1.54) is 0 Å². The summed E-state index contributed by atoms with van der Waals surface area (Å²) in [5.74, 6) is 6.34. The van der Waals surface area contributed by atoms with E-state index in [2.05, 4.69) is 5.10 Å². The van der Waals surface area contributed by atoms with E-state index < -0.39 is 0 Å². The first-order valence-electron chi connectivity index (χ1n) is 5.40.